The molecular weight excluding hydrogens is 326 g/mol. The van der Waals surface area contributed by atoms with E-state index in [1.165, 1.54) is 0 Å². The van der Waals surface area contributed by atoms with Crippen molar-refractivity contribution in [1.82, 2.24) is 14.8 Å². The Morgan fingerprint density at radius 1 is 0.923 bits per heavy atom. The molecule has 2 amide bonds. The molecule has 1 aromatic heterocycles. The molecule has 5 nitrogen and oxygen atoms in total. The second kappa shape index (κ2) is 7.70. The molecule has 0 aliphatic rings. The van der Waals surface area contributed by atoms with Gasteiger partial charge in [0.1, 0.15) is 0 Å². The van der Waals surface area contributed by atoms with Gasteiger partial charge >= 0.3 is 0 Å². The van der Waals surface area contributed by atoms with E-state index < -0.39 is 0 Å². The van der Waals surface area contributed by atoms with E-state index in [0.29, 0.717) is 17.7 Å². The van der Waals surface area contributed by atoms with E-state index in [-0.39, 0.29) is 11.8 Å². The molecule has 1 heterocycles. The SMILES string of the molecule is CNC(=O)c1ccc(CN(C)C(=O)c2ccc(-n3cccc3)cc2)cc1. The molecule has 0 radical (unpaired) electrons. The third kappa shape index (κ3) is 3.83. The summed E-state index contributed by atoms with van der Waals surface area (Å²) in [5.41, 5.74) is 3.23. The number of nitrogens with zero attached hydrogens (tertiary/aromatic N) is 2. The van der Waals surface area contributed by atoms with Crippen LogP contribution in [0.1, 0.15) is 26.3 Å². The second-order valence-corrected chi connectivity index (χ2v) is 6.07. The van der Waals surface area contributed by atoms with Gasteiger partial charge in [-0.25, -0.2) is 0 Å². The number of rotatable bonds is 5. The lowest BCUT2D eigenvalue weighted by atomic mass is 10.1. The average Bonchev–Trinajstić information content (AvgIpc) is 3.22. The van der Waals surface area contributed by atoms with Crippen molar-refractivity contribution >= 4 is 11.8 Å². The van der Waals surface area contributed by atoms with E-state index in [0.717, 1.165) is 11.3 Å². The lowest BCUT2D eigenvalue weighted by Crippen LogP contribution is -2.26. The normalized spacial score (nSPS) is 10.4. The van der Waals surface area contributed by atoms with Crippen molar-refractivity contribution in [2.24, 2.45) is 0 Å². The summed E-state index contributed by atoms with van der Waals surface area (Å²) in [6.45, 7) is 0.478. The van der Waals surface area contributed by atoms with Crippen molar-refractivity contribution in [2.45, 2.75) is 6.54 Å². The van der Waals surface area contributed by atoms with Crippen LogP contribution in [-0.2, 0) is 6.54 Å². The van der Waals surface area contributed by atoms with Crippen molar-refractivity contribution in [3.63, 3.8) is 0 Å². The number of nitrogens with one attached hydrogen (secondary N) is 1. The topological polar surface area (TPSA) is 54.3 Å². The number of hydrogen-bond acceptors (Lipinski definition) is 2. The molecule has 132 valence electrons. The van der Waals surface area contributed by atoms with Crippen LogP contribution in [0.4, 0.5) is 0 Å². The smallest absolute Gasteiger partial charge is 0.253 e. The Bertz CT molecular complexity index is 882. The maximum atomic E-state index is 12.6. The third-order valence-electron chi connectivity index (χ3n) is 4.23. The molecule has 0 aliphatic heterocycles. The van der Waals surface area contributed by atoms with Crippen LogP contribution in [0.25, 0.3) is 5.69 Å². The highest BCUT2D eigenvalue weighted by Gasteiger charge is 2.12. The number of hydrogen-bond donors (Lipinski definition) is 1. The van der Waals surface area contributed by atoms with Gasteiger partial charge in [0.05, 0.1) is 0 Å². The van der Waals surface area contributed by atoms with Gasteiger partial charge in [-0.15, -0.1) is 0 Å². The Morgan fingerprint density at radius 2 is 1.50 bits per heavy atom. The maximum absolute atomic E-state index is 12.6. The fourth-order valence-corrected chi connectivity index (χ4v) is 2.75. The quantitative estimate of drug-likeness (QED) is 0.771. The molecule has 26 heavy (non-hydrogen) atoms. The highest BCUT2D eigenvalue weighted by atomic mass is 16.2. The van der Waals surface area contributed by atoms with Gasteiger partial charge in [-0.05, 0) is 54.1 Å². The van der Waals surface area contributed by atoms with E-state index >= 15 is 0 Å². The van der Waals surface area contributed by atoms with Crippen molar-refractivity contribution in [3.05, 3.63) is 89.7 Å². The highest BCUT2D eigenvalue weighted by Crippen LogP contribution is 2.13. The molecule has 0 unspecified atom stereocenters. The highest BCUT2D eigenvalue weighted by molar-refractivity contribution is 5.94. The average molecular weight is 347 g/mol. The van der Waals surface area contributed by atoms with Gasteiger partial charge in [0.2, 0.25) is 0 Å². The van der Waals surface area contributed by atoms with Gasteiger partial charge in [0.25, 0.3) is 11.8 Å². The number of aromatic nitrogens is 1. The van der Waals surface area contributed by atoms with Gasteiger partial charge in [0.15, 0.2) is 0 Å². The first kappa shape index (κ1) is 17.5. The Morgan fingerprint density at radius 3 is 2.08 bits per heavy atom. The van der Waals surface area contributed by atoms with Gasteiger partial charge in [0, 0.05) is 49.8 Å². The first-order chi connectivity index (χ1) is 12.6. The first-order valence-electron chi connectivity index (χ1n) is 8.38. The third-order valence-corrected chi connectivity index (χ3v) is 4.23. The standard InChI is InChI=1S/C21H21N3O2/c1-22-20(25)17-7-5-16(6-8-17)15-23(2)21(26)18-9-11-19(12-10-18)24-13-3-4-14-24/h3-14H,15H2,1-2H3,(H,22,25). The molecule has 0 bridgehead atoms. The van der Waals surface area contributed by atoms with Crippen LogP contribution in [0.5, 0.6) is 0 Å². The van der Waals surface area contributed by atoms with Crippen molar-refractivity contribution < 1.29 is 9.59 Å². The van der Waals surface area contributed by atoms with Crippen LogP contribution in [0.2, 0.25) is 0 Å². The van der Waals surface area contributed by atoms with E-state index in [1.54, 1.807) is 31.1 Å². The Hall–Kier alpha value is -3.34. The van der Waals surface area contributed by atoms with Crippen LogP contribution in [0.3, 0.4) is 0 Å². The van der Waals surface area contributed by atoms with Crippen molar-refractivity contribution in [2.75, 3.05) is 14.1 Å². The summed E-state index contributed by atoms with van der Waals surface area (Å²) >= 11 is 0. The molecule has 1 N–H and O–H groups in total. The number of amides is 2. The molecule has 0 saturated heterocycles. The largest absolute Gasteiger partial charge is 0.355 e. The van der Waals surface area contributed by atoms with E-state index in [2.05, 4.69) is 5.32 Å². The summed E-state index contributed by atoms with van der Waals surface area (Å²) in [5, 5.41) is 2.59. The number of carbonyl (C=O) groups is 2. The summed E-state index contributed by atoms with van der Waals surface area (Å²) in [6, 6.07) is 18.7. The molecule has 0 spiro atoms. The minimum Gasteiger partial charge on any atom is -0.355 e. The molecule has 5 heteroatoms. The predicted molar refractivity (Wildman–Crippen MR) is 101 cm³/mol. The Balaban J connectivity index is 1.66. The molecule has 0 aliphatic carbocycles. The predicted octanol–water partition coefficient (Wildman–Crippen LogP) is 3.11. The number of carbonyl (C=O) groups excluding carboxylic acids is 2. The zero-order valence-electron chi connectivity index (χ0n) is 14.8. The Labute approximate surface area is 152 Å². The maximum Gasteiger partial charge on any atom is 0.253 e. The summed E-state index contributed by atoms with van der Waals surface area (Å²) < 4.78 is 1.99. The lowest BCUT2D eigenvalue weighted by Gasteiger charge is -2.18. The molecule has 3 rings (SSSR count). The van der Waals surface area contributed by atoms with Crippen LogP contribution >= 0.6 is 0 Å². The molecule has 3 aromatic rings. The van der Waals surface area contributed by atoms with Crippen LogP contribution in [0, 0.1) is 0 Å². The van der Waals surface area contributed by atoms with Gasteiger partial charge in [-0.2, -0.15) is 0 Å². The van der Waals surface area contributed by atoms with Crippen LogP contribution in [0.15, 0.2) is 73.1 Å². The van der Waals surface area contributed by atoms with Crippen molar-refractivity contribution in [3.8, 4) is 5.69 Å². The van der Waals surface area contributed by atoms with Gasteiger partial charge in [-0.3, -0.25) is 9.59 Å². The summed E-state index contributed by atoms with van der Waals surface area (Å²) in [5.74, 6) is -0.164. The monoisotopic (exact) mass is 347 g/mol. The molecular formula is C21H21N3O2. The molecule has 0 saturated carbocycles. The molecule has 0 atom stereocenters. The number of benzene rings is 2. The lowest BCUT2D eigenvalue weighted by molar-refractivity contribution is 0.0784. The van der Waals surface area contributed by atoms with Gasteiger partial charge < -0.3 is 14.8 Å². The van der Waals surface area contributed by atoms with E-state index in [4.69, 9.17) is 0 Å². The van der Waals surface area contributed by atoms with E-state index in [9.17, 15) is 9.59 Å². The fourth-order valence-electron chi connectivity index (χ4n) is 2.75. The van der Waals surface area contributed by atoms with Crippen molar-refractivity contribution in [1.29, 1.82) is 0 Å². The summed E-state index contributed by atoms with van der Waals surface area (Å²) in [4.78, 5) is 25.9. The first-order valence-corrected chi connectivity index (χ1v) is 8.38. The zero-order valence-corrected chi connectivity index (χ0v) is 14.8. The van der Waals surface area contributed by atoms with Gasteiger partial charge in [-0.1, -0.05) is 12.1 Å². The minimum atomic E-state index is -0.122. The summed E-state index contributed by atoms with van der Waals surface area (Å²) in [7, 11) is 3.37. The van der Waals surface area contributed by atoms with Crippen LogP contribution in [-0.4, -0.2) is 35.4 Å². The van der Waals surface area contributed by atoms with Crippen LogP contribution < -0.4 is 5.32 Å². The zero-order chi connectivity index (χ0) is 18.5. The molecule has 2 aromatic carbocycles. The minimum absolute atomic E-state index is 0.0422. The van der Waals surface area contributed by atoms with E-state index in [1.807, 2.05) is 65.5 Å². The fraction of sp³-hybridized carbons (Fsp3) is 0.143. The summed E-state index contributed by atoms with van der Waals surface area (Å²) in [6.07, 6.45) is 3.93. The molecule has 0 fully saturated rings. The second-order valence-electron chi connectivity index (χ2n) is 6.07. The Kier molecular flexibility index (Phi) is 5.17.